The molecule has 0 bridgehead atoms. The van der Waals surface area contributed by atoms with Crippen molar-refractivity contribution in [2.45, 2.75) is 19.3 Å². The van der Waals surface area contributed by atoms with E-state index in [2.05, 4.69) is 4.98 Å². The van der Waals surface area contributed by atoms with Crippen molar-refractivity contribution in [1.82, 2.24) is 4.98 Å². The fourth-order valence-electron chi connectivity index (χ4n) is 1.86. The molecule has 1 aromatic heterocycles. The maximum atomic E-state index is 11.9. The Hall–Kier alpha value is -2.16. The molecule has 3 heteroatoms. The number of aryl methyl sites for hydroxylation is 1. The molecule has 19 heavy (non-hydrogen) atoms. The zero-order chi connectivity index (χ0) is 13.5. The number of carbonyl (C=O) groups is 1. The summed E-state index contributed by atoms with van der Waals surface area (Å²) in [5.74, 6) is 0.975. The summed E-state index contributed by atoms with van der Waals surface area (Å²) in [4.78, 5) is 16.1. The number of hydrogen-bond acceptors (Lipinski definition) is 3. The summed E-state index contributed by atoms with van der Waals surface area (Å²) in [6.07, 6.45) is 3.37. The molecule has 0 aliphatic carbocycles. The third-order valence-corrected chi connectivity index (χ3v) is 2.94. The van der Waals surface area contributed by atoms with Crippen LogP contribution < -0.4 is 4.74 Å². The van der Waals surface area contributed by atoms with Gasteiger partial charge in [0, 0.05) is 18.5 Å². The van der Waals surface area contributed by atoms with Crippen molar-refractivity contribution >= 4 is 5.78 Å². The van der Waals surface area contributed by atoms with E-state index in [4.69, 9.17) is 4.74 Å². The number of pyridine rings is 1. The minimum Gasteiger partial charge on any atom is -0.495 e. The van der Waals surface area contributed by atoms with Gasteiger partial charge < -0.3 is 4.74 Å². The molecule has 1 heterocycles. The van der Waals surface area contributed by atoms with E-state index < -0.39 is 0 Å². The van der Waals surface area contributed by atoms with E-state index in [1.165, 1.54) is 0 Å². The van der Waals surface area contributed by atoms with Crippen molar-refractivity contribution in [2.24, 2.45) is 0 Å². The van der Waals surface area contributed by atoms with Gasteiger partial charge in [0.25, 0.3) is 0 Å². The largest absolute Gasteiger partial charge is 0.495 e. The van der Waals surface area contributed by atoms with Crippen LogP contribution in [-0.2, 0) is 17.6 Å². The van der Waals surface area contributed by atoms with Gasteiger partial charge in [-0.2, -0.15) is 0 Å². The topological polar surface area (TPSA) is 39.2 Å². The Kier molecular flexibility index (Phi) is 4.67. The second-order valence-corrected chi connectivity index (χ2v) is 4.39. The first-order valence-electron chi connectivity index (χ1n) is 6.32. The number of Topliss-reactive ketones (excluding diaryl/α,β-unsaturated/α-hetero) is 1. The molecule has 0 spiro atoms. The van der Waals surface area contributed by atoms with E-state index in [0.717, 1.165) is 17.0 Å². The Morgan fingerprint density at radius 3 is 2.58 bits per heavy atom. The zero-order valence-corrected chi connectivity index (χ0v) is 11.0. The van der Waals surface area contributed by atoms with Gasteiger partial charge in [0.2, 0.25) is 0 Å². The summed E-state index contributed by atoms with van der Waals surface area (Å²) in [5.41, 5.74) is 1.98. The first-order chi connectivity index (χ1) is 9.28. The Labute approximate surface area is 113 Å². The van der Waals surface area contributed by atoms with Crippen LogP contribution in [0.2, 0.25) is 0 Å². The average Bonchev–Trinajstić information content (AvgIpc) is 2.47. The standard InChI is InChI=1S/C16H17NO2/c1-19-16-10-8-14(17-12-16)7-9-15(18)11-13-5-3-2-4-6-13/h2-6,8,10,12H,7,9,11H2,1H3. The van der Waals surface area contributed by atoms with Gasteiger partial charge in [-0.15, -0.1) is 0 Å². The Morgan fingerprint density at radius 1 is 1.16 bits per heavy atom. The normalized spacial score (nSPS) is 10.2. The number of ether oxygens (including phenoxy) is 1. The van der Waals surface area contributed by atoms with Gasteiger partial charge in [-0.25, -0.2) is 0 Å². The van der Waals surface area contributed by atoms with Crippen molar-refractivity contribution < 1.29 is 9.53 Å². The van der Waals surface area contributed by atoms with Crippen molar-refractivity contribution in [3.05, 3.63) is 59.9 Å². The number of benzene rings is 1. The fraction of sp³-hybridized carbons (Fsp3) is 0.250. The second kappa shape index (κ2) is 6.69. The number of rotatable bonds is 6. The highest BCUT2D eigenvalue weighted by Crippen LogP contribution is 2.10. The number of aromatic nitrogens is 1. The molecular formula is C16H17NO2. The molecule has 0 aliphatic heterocycles. The molecule has 1 aromatic carbocycles. The molecule has 2 rings (SSSR count). The molecule has 0 N–H and O–H groups in total. The van der Waals surface area contributed by atoms with E-state index in [-0.39, 0.29) is 5.78 Å². The van der Waals surface area contributed by atoms with Crippen LogP contribution in [0.1, 0.15) is 17.7 Å². The lowest BCUT2D eigenvalue weighted by Crippen LogP contribution is -2.05. The molecule has 0 saturated carbocycles. The Bertz CT molecular complexity index is 520. The van der Waals surface area contributed by atoms with Gasteiger partial charge >= 0.3 is 0 Å². The van der Waals surface area contributed by atoms with Crippen LogP contribution in [0.3, 0.4) is 0 Å². The highest BCUT2D eigenvalue weighted by atomic mass is 16.5. The molecule has 98 valence electrons. The van der Waals surface area contributed by atoms with Gasteiger partial charge in [0.1, 0.15) is 11.5 Å². The lowest BCUT2D eigenvalue weighted by atomic mass is 10.0. The van der Waals surface area contributed by atoms with Crippen LogP contribution in [0.4, 0.5) is 0 Å². The number of carbonyl (C=O) groups excluding carboxylic acids is 1. The van der Waals surface area contributed by atoms with Gasteiger partial charge in [-0.3, -0.25) is 9.78 Å². The summed E-state index contributed by atoms with van der Waals surface area (Å²) < 4.78 is 5.04. The number of methoxy groups -OCH3 is 1. The first kappa shape index (κ1) is 13.3. The predicted molar refractivity (Wildman–Crippen MR) is 74.3 cm³/mol. The maximum absolute atomic E-state index is 11.9. The molecule has 0 amide bonds. The van der Waals surface area contributed by atoms with Crippen LogP contribution in [0, 0.1) is 0 Å². The van der Waals surface area contributed by atoms with Gasteiger partial charge in [0.05, 0.1) is 13.3 Å². The molecule has 0 fully saturated rings. The molecule has 0 aliphatic rings. The third kappa shape index (κ3) is 4.21. The Morgan fingerprint density at radius 2 is 1.95 bits per heavy atom. The summed E-state index contributed by atoms with van der Waals surface area (Å²) in [5, 5.41) is 0. The van der Waals surface area contributed by atoms with Gasteiger partial charge in [-0.1, -0.05) is 30.3 Å². The molecule has 0 radical (unpaired) electrons. The summed E-state index contributed by atoms with van der Waals surface area (Å²) >= 11 is 0. The van der Waals surface area contributed by atoms with Crippen molar-refractivity contribution in [3.8, 4) is 5.75 Å². The predicted octanol–water partition coefficient (Wildman–Crippen LogP) is 2.83. The van der Waals surface area contributed by atoms with E-state index in [0.29, 0.717) is 19.3 Å². The van der Waals surface area contributed by atoms with Crippen LogP contribution in [0.15, 0.2) is 48.7 Å². The molecule has 2 aromatic rings. The highest BCUT2D eigenvalue weighted by molar-refractivity contribution is 5.81. The Balaban J connectivity index is 1.83. The monoisotopic (exact) mass is 255 g/mol. The highest BCUT2D eigenvalue weighted by Gasteiger charge is 2.05. The maximum Gasteiger partial charge on any atom is 0.137 e. The number of hydrogen-bond donors (Lipinski definition) is 0. The van der Waals surface area contributed by atoms with Crippen LogP contribution in [0.5, 0.6) is 5.75 Å². The summed E-state index contributed by atoms with van der Waals surface area (Å²) in [6.45, 7) is 0. The smallest absolute Gasteiger partial charge is 0.137 e. The number of nitrogens with zero attached hydrogens (tertiary/aromatic N) is 1. The van der Waals surface area contributed by atoms with Gasteiger partial charge in [0.15, 0.2) is 0 Å². The van der Waals surface area contributed by atoms with E-state index in [1.807, 2.05) is 42.5 Å². The summed E-state index contributed by atoms with van der Waals surface area (Å²) in [6, 6.07) is 13.6. The molecule has 0 atom stereocenters. The summed E-state index contributed by atoms with van der Waals surface area (Å²) in [7, 11) is 1.61. The van der Waals surface area contributed by atoms with Crippen LogP contribution in [-0.4, -0.2) is 17.9 Å². The fourth-order valence-corrected chi connectivity index (χ4v) is 1.86. The third-order valence-electron chi connectivity index (χ3n) is 2.94. The first-order valence-corrected chi connectivity index (χ1v) is 6.32. The number of ketones is 1. The molecule has 3 nitrogen and oxygen atoms in total. The van der Waals surface area contributed by atoms with Crippen molar-refractivity contribution in [3.63, 3.8) is 0 Å². The lowest BCUT2D eigenvalue weighted by molar-refractivity contribution is -0.118. The van der Waals surface area contributed by atoms with Gasteiger partial charge in [-0.05, 0) is 24.1 Å². The molecule has 0 saturated heterocycles. The van der Waals surface area contributed by atoms with Crippen molar-refractivity contribution in [1.29, 1.82) is 0 Å². The van der Waals surface area contributed by atoms with E-state index in [9.17, 15) is 4.79 Å². The quantitative estimate of drug-likeness (QED) is 0.796. The molecule has 0 unspecified atom stereocenters. The van der Waals surface area contributed by atoms with Crippen molar-refractivity contribution in [2.75, 3.05) is 7.11 Å². The lowest BCUT2D eigenvalue weighted by Gasteiger charge is -2.03. The average molecular weight is 255 g/mol. The van der Waals surface area contributed by atoms with Crippen LogP contribution >= 0.6 is 0 Å². The zero-order valence-electron chi connectivity index (χ0n) is 11.0. The minimum absolute atomic E-state index is 0.240. The van der Waals surface area contributed by atoms with Crippen LogP contribution in [0.25, 0.3) is 0 Å². The molecular weight excluding hydrogens is 238 g/mol. The second-order valence-electron chi connectivity index (χ2n) is 4.39. The SMILES string of the molecule is COc1ccc(CCC(=O)Cc2ccccc2)nc1. The van der Waals surface area contributed by atoms with E-state index in [1.54, 1.807) is 13.3 Å². The minimum atomic E-state index is 0.240. The van der Waals surface area contributed by atoms with E-state index >= 15 is 0 Å².